The standard InChI is InChI=1S/C24H26F6N4O2/c25-23(26,27)16-6-13(7-17(11-16)24(28,29)30)8-21(35)31-18-9-15(10-18)19-12-20(34-33-19)32-22(36)14-4-2-1-3-5-14/h6-7,11-12,14-15,18H,1-5,8-10H2,(H,31,35)(H2,32,33,34,36). The van der Waals surface area contributed by atoms with Gasteiger partial charge in [-0.1, -0.05) is 19.3 Å². The van der Waals surface area contributed by atoms with Crippen LogP contribution in [-0.4, -0.2) is 28.1 Å². The van der Waals surface area contributed by atoms with Crippen molar-refractivity contribution in [3.05, 3.63) is 46.6 Å². The van der Waals surface area contributed by atoms with Gasteiger partial charge in [-0.3, -0.25) is 14.7 Å². The van der Waals surface area contributed by atoms with E-state index in [2.05, 4.69) is 20.8 Å². The lowest BCUT2D eigenvalue weighted by Crippen LogP contribution is -2.44. The second-order valence-electron chi connectivity index (χ2n) is 9.56. The molecule has 2 aliphatic rings. The van der Waals surface area contributed by atoms with Gasteiger partial charge in [0.05, 0.1) is 17.5 Å². The van der Waals surface area contributed by atoms with Gasteiger partial charge in [0, 0.05) is 29.6 Å². The Morgan fingerprint density at radius 3 is 2.11 bits per heavy atom. The highest BCUT2D eigenvalue weighted by Gasteiger charge is 2.37. The minimum Gasteiger partial charge on any atom is -0.353 e. The molecule has 0 radical (unpaired) electrons. The summed E-state index contributed by atoms with van der Waals surface area (Å²) in [6, 6.07) is 2.64. The summed E-state index contributed by atoms with van der Waals surface area (Å²) < 4.78 is 78.1. The molecule has 3 N–H and O–H groups in total. The third kappa shape index (κ3) is 6.38. The largest absolute Gasteiger partial charge is 0.416 e. The van der Waals surface area contributed by atoms with Crippen LogP contribution in [0.2, 0.25) is 0 Å². The van der Waals surface area contributed by atoms with Crippen LogP contribution in [0.3, 0.4) is 0 Å². The Labute approximate surface area is 203 Å². The van der Waals surface area contributed by atoms with Crippen molar-refractivity contribution in [2.45, 2.75) is 75.7 Å². The van der Waals surface area contributed by atoms with Gasteiger partial charge >= 0.3 is 12.4 Å². The molecule has 12 heteroatoms. The van der Waals surface area contributed by atoms with E-state index in [9.17, 15) is 35.9 Å². The number of halogens is 6. The molecule has 196 valence electrons. The summed E-state index contributed by atoms with van der Waals surface area (Å²) in [6.45, 7) is 0. The number of aromatic nitrogens is 2. The number of benzene rings is 1. The number of amides is 2. The molecule has 2 fully saturated rings. The number of hydrogen-bond donors (Lipinski definition) is 3. The number of nitrogens with one attached hydrogen (secondary N) is 3. The first kappa shape index (κ1) is 26.0. The number of nitrogens with zero attached hydrogens (tertiary/aromatic N) is 1. The third-order valence-electron chi connectivity index (χ3n) is 6.78. The van der Waals surface area contributed by atoms with Gasteiger partial charge in [0.15, 0.2) is 5.82 Å². The molecule has 2 amide bonds. The number of hydrogen-bond acceptors (Lipinski definition) is 3. The van der Waals surface area contributed by atoms with E-state index >= 15 is 0 Å². The van der Waals surface area contributed by atoms with Crippen molar-refractivity contribution in [2.24, 2.45) is 5.92 Å². The monoisotopic (exact) mass is 516 g/mol. The lowest BCUT2D eigenvalue weighted by atomic mass is 9.78. The zero-order chi connectivity index (χ0) is 26.1. The molecule has 2 aromatic rings. The average Bonchev–Trinajstić information content (AvgIpc) is 3.23. The molecule has 36 heavy (non-hydrogen) atoms. The highest BCUT2D eigenvalue weighted by atomic mass is 19.4. The Morgan fingerprint density at radius 1 is 0.917 bits per heavy atom. The van der Waals surface area contributed by atoms with E-state index in [1.807, 2.05) is 0 Å². The summed E-state index contributed by atoms with van der Waals surface area (Å²) in [7, 11) is 0. The van der Waals surface area contributed by atoms with Gasteiger partial charge in [-0.05, 0) is 49.4 Å². The first-order chi connectivity index (χ1) is 16.9. The number of alkyl halides is 6. The van der Waals surface area contributed by atoms with Gasteiger partial charge in [-0.25, -0.2) is 0 Å². The molecule has 6 nitrogen and oxygen atoms in total. The van der Waals surface area contributed by atoms with Gasteiger partial charge in [0.1, 0.15) is 0 Å². The van der Waals surface area contributed by atoms with Gasteiger partial charge in [-0.2, -0.15) is 31.4 Å². The van der Waals surface area contributed by atoms with Gasteiger partial charge in [0.2, 0.25) is 11.8 Å². The smallest absolute Gasteiger partial charge is 0.353 e. The first-order valence-electron chi connectivity index (χ1n) is 11.8. The zero-order valence-corrected chi connectivity index (χ0v) is 19.2. The fraction of sp³-hybridized carbons (Fsp3) is 0.542. The molecular formula is C24H26F6N4O2. The predicted molar refractivity (Wildman–Crippen MR) is 118 cm³/mol. The van der Waals surface area contributed by atoms with Crippen molar-refractivity contribution in [2.75, 3.05) is 5.32 Å². The van der Waals surface area contributed by atoms with E-state index in [0.29, 0.717) is 30.8 Å². The number of H-pyrrole nitrogens is 1. The van der Waals surface area contributed by atoms with Crippen LogP contribution in [0.25, 0.3) is 0 Å². The summed E-state index contributed by atoms with van der Waals surface area (Å²) in [6.07, 6.45) is -4.53. The topological polar surface area (TPSA) is 86.9 Å². The van der Waals surface area contributed by atoms with E-state index in [4.69, 9.17) is 0 Å². The number of anilines is 1. The van der Waals surface area contributed by atoms with Crippen molar-refractivity contribution >= 4 is 17.6 Å². The maximum absolute atomic E-state index is 13.0. The fourth-order valence-electron chi connectivity index (χ4n) is 4.78. The highest BCUT2D eigenvalue weighted by Crippen LogP contribution is 2.38. The quantitative estimate of drug-likeness (QED) is 0.439. The molecule has 2 saturated carbocycles. The molecule has 0 saturated heterocycles. The lowest BCUT2D eigenvalue weighted by Gasteiger charge is -2.35. The van der Waals surface area contributed by atoms with Gasteiger partial charge in [0.25, 0.3) is 0 Å². The van der Waals surface area contributed by atoms with Gasteiger partial charge < -0.3 is 10.6 Å². The number of carbonyl (C=O) groups is 2. The molecule has 0 aliphatic heterocycles. The molecular weight excluding hydrogens is 490 g/mol. The minimum atomic E-state index is -4.97. The number of carbonyl (C=O) groups excluding carboxylic acids is 2. The van der Waals surface area contributed by atoms with Crippen LogP contribution in [0, 0.1) is 5.92 Å². The maximum Gasteiger partial charge on any atom is 0.416 e. The highest BCUT2D eigenvalue weighted by molar-refractivity contribution is 5.91. The molecule has 4 rings (SSSR count). The van der Waals surface area contributed by atoms with Crippen LogP contribution < -0.4 is 10.6 Å². The maximum atomic E-state index is 13.0. The van der Waals surface area contributed by atoms with Crippen LogP contribution in [0.5, 0.6) is 0 Å². The van der Waals surface area contributed by atoms with Crippen molar-refractivity contribution in [1.29, 1.82) is 0 Å². The number of aromatic amines is 1. The van der Waals surface area contributed by atoms with E-state index in [1.165, 1.54) is 0 Å². The number of rotatable bonds is 6. The summed E-state index contributed by atoms with van der Waals surface area (Å²) >= 11 is 0. The molecule has 1 heterocycles. The second kappa shape index (κ2) is 10.1. The Kier molecular flexibility index (Phi) is 7.33. The minimum absolute atomic E-state index is 0.00812. The molecule has 2 aliphatic carbocycles. The molecule has 1 aromatic carbocycles. The zero-order valence-electron chi connectivity index (χ0n) is 19.2. The summed E-state index contributed by atoms with van der Waals surface area (Å²) in [4.78, 5) is 24.7. The Morgan fingerprint density at radius 2 is 1.53 bits per heavy atom. The predicted octanol–water partition coefficient (Wildman–Crippen LogP) is 5.57. The fourth-order valence-corrected chi connectivity index (χ4v) is 4.78. The van der Waals surface area contributed by atoms with Crippen molar-refractivity contribution in [3.8, 4) is 0 Å². The van der Waals surface area contributed by atoms with Crippen molar-refractivity contribution in [3.63, 3.8) is 0 Å². The molecule has 0 spiro atoms. The average molecular weight is 516 g/mol. The van der Waals surface area contributed by atoms with Crippen molar-refractivity contribution < 1.29 is 35.9 Å². The normalized spacial score (nSPS) is 21.1. The van der Waals surface area contributed by atoms with Crippen LogP contribution in [0.1, 0.15) is 73.2 Å². The molecule has 1 aromatic heterocycles. The van der Waals surface area contributed by atoms with Crippen LogP contribution >= 0.6 is 0 Å². The summed E-state index contributed by atoms with van der Waals surface area (Å²) in [5, 5.41) is 12.5. The van der Waals surface area contributed by atoms with Crippen LogP contribution in [0.15, 0.2) is 24.3 Å². The Balaban J connectivity index is 1.29. The first-order valence-corrected chi connectivity index (χ1v) is 11.8. The van der Waals surface area contributed by atoms with Gasteiger partial charge in [-0.15, -0.1) is 0 Å². The second-order valence-corrected chi connectivity index (χ2v) is 9.56. The SMILES string of the molecule is O=C(Cc1cc(C(F)(F)F)cc(C(F)(F)F)c1)NC1CC(c2cc(NC(=O)C3CCCCC3)n[nH]2)C1. The molecule has 0 bridgehead atoms. The van der Waals surface area contributed by atoms with E-state index in [-0.39, 0.29) is 35.4 Å². The van der Waals surface area contributed by atoms with Crippen molar-refractivity contribution in [1.82, 2.24) is 15.5 Å². The van der Waals surface area contributed by atoms with E-state index in [1.54, 1.807) is 6.07 Å². The van der Waals surface area contributed by atoms with Crippen LogP contribution in [-0.2, 0) is 28.4 Å². The van der Waals surface area contributed by atoms with E-state index in [0.717, 1.165) is 37.8 Å². The van der Waals surface area contributed by atoms with E-state index < -0.39 is 35.8 Å². The Bertz CT molecular complexity index is 1070. The lowest BCUT2D eigenvalue weighted by molar-refractivity contribution is -0.143. The summed E-state index contributed by atoms with van der Waals surface area (Å²) in [5.41, 5.74) is -2.48. The Hall–Kier alpha value is -3.05. The molecule has 0 atom stereocenters. The third-order valence-corrected chi connectivity index (χ3v) is 6.78. The molecule has 0 unspecified atom stereocenters. The summed E-state index contributed by atoms with van der Waals surface area (Å²) in [5.74, 6) is -0.247. The van der Waals surface area contributed by atoms with Crippen LogP contribution in [0.4, 0.5) is 32.2 Å².